The van der Waals surface area contributed by atoms with Gasteiger partial charge < -0.3 is 9.84 Å². The van der Waals surface area contributed by atoms with Gasteiger partial charge in [-0.15, -0.1) is 0 Å². The van der Waals surface area contributed by atoms with Gasteiger partial charge in [-0.05, 0) is 24.8 Å². The molecule has 0 radical (unpaired) electrons. The van der Waals surface area contributed by atoms with Crippen molar-refractivity contribution in [2.75, 3.05) is 6.61 Å². The van der Waals surface area contributed by atoms with Crippen LogP contribution >= 0.6 is 0 Å². The van der Waals surface area contributed by atoms with Gasteiger partial charge in [0.15, 0.2) is 0 Å². The maximum atomic E-state index is 11.5. The monoisotopic (exact) mass is 270 g/mol. The number of aliphatic carboxylic acids is 1. The molecule has 3 nitrogen and oxygen atoms in total. The van der Waals surface area contributed by atoms with Crippen LogP contribution in [0.4, 0.5) is 0 Å². The van der Waals surface area contributed by atoms with Crippen LogP contribution in [0.2, 0.25) is 0 Å². The molecular formula is C17H18O3. The van der Waals surface area contributed by atoms with Crippen LogP contribution < -0.4 is 0 Å². The summed E-state index contributed by atoms with van der Waals surface area (Å²) in [6, 6.07) is 9.99. The average Bonchev–Trinajstić information content (AvgIpc) is 3.34. The van der Waals surface area contributed by atoms with E-state index in [0.29, 0.717) is 12.0 Å². The predicted molar refractivity (Wildman–Crippen MR) is 77.2 cm³/mol. The second-order valence-electron chi connectivity index (χ2n) is 5.51. The first-order valence-electron chi connectivity index (χ1n) is 6.99. The van der Waals surface area contributed by atoms with Crippen LogP contribution in [0.25, 0.3) is 6.08 Å². The van der Waals surface area contributed by atoms with Crippen LogP contribution in [0, 0.1) is 5.41 Å². The quantitative estimate of drug-likeness (QED) is 0.637. The van der Waals surface area contributed by atoms with E-state index in [-0.39, 0.29) is 11.5 Å². The van der Waals surface area contributed by atoms with Gasteiger partial charge in [-0.2, -0.15) is 0 Å². The Hall–Kier alpha value is -1.87. The van der Waals surface area contributed by atoms with Crippen molar-refractivity contribution >= 4 is 12.0 Å². The third kappa shape index (κ3) is 2.99. The highest BCUT2D eigenvalue weighted by atomic mass is 16.6. The Bertz CT molecular complexity index is 549. The smallest absolute Gasteiger partial charge is 0.332 e. The fourth-order valence-electron chi connectivity index (χ4n) is 2.44. The number of hydrogen-bond donors (Lipinski definition) is 1. The molecule has 1 atom stereocenters. The second kappa shape index (κ2) is 5.25. The van der Waals surface area contributed by atoms with Gasteiger partial charge in [0.2, 0.25) is 0 Å². The van der Waals surface area contributed by atoms with Crippen molar-refractivity contribution in [3.05, 3.63) is 53.6 Å². The van der Waals surface area contributed by atoms with Crippen molar-refractivity contribution in [3.63, 3.8) is 0 Å². The number of allylic oxidation sites excluding steroid dienone is 1. The van der Waals surface area contributed by atoms with Crippen LogP contribution in [0.1, 0.15) is 24.8 Å². The molecule has 0 amide bonds. The van der Waals surface area contributed by atoms with Gasteiger partial charge in [0.1, 0.15) is 0 Å². The maximum absolute atomic E-state index is 11.5. The molecule has 1 aromatic rings. The Morgan fingerprint density at radius 2 is 2.05 bits per heavy atom. The van der Waals surface area contributed by atoms with E-state index in [9.17, 15) is 9.90 Å². The lowest BCUT2D eigenvalue weighted by Crippen LogP contribution is -2.12. The van der Waals surface area contributed by atoms with Crippen LogP contribution in [0.15, 0.2) is 48.1 Å². The topological polar surface area (TPSA) is 49.8 Å². The van der Waals surface area contributed by atoms with E-state index in [1.54, 1.807) is 0 Å². The van der Waals surface area contributed by atoms with Crippen LogP contribution in [-0.2, 0) is 9.53 Å². The zero-order valence-electron chi connectivity index (χ0n) is 11.3. The number of hydrogen-bond acceptors (Lipinski definition) is 2. The molecule has 0 spiro atoms. The lowest BCUT2D eigenvalue weighted by molar-refractivity contribution is -0.133. The Morgan fingerprint density at radius 1 is 1.35 bits per heavy atom. The predicted octanol–water partition coefficient (Wildman–Crippen LogP) is 3.28. The summed E-state index contributed by atoms with van der Waals surface area (Å²) in [7, 11) is 0. The maximum Gasteiger partial charge on any atom is 0.332 e. The van der Waals surface area contributed by atoms with Crippen LogP contribution in [0.5, 0.6) is 0 Å². The number of carboxylic acids is 1. The first kappa shape index (κ1) is 13.1. The molecule has 1 aliphatic heterocycles. The number of carbonyl (C=O) groups is 1. The summed E-state index contributed by atoms with van der Waals surface area (Å²) in [5, 5.41) is 9.44. The van der Waals surface area contributed by atoms with Gasteiger partial charge in [-0.3, -0.25) is 0 Å². The Morgan fingerprint density at radius 3 is 2.60 bits per heavy atom. The summed E-state index contributed by atoms with van der Waals surface area (Å²) in [6.45, 7) is 0.760. The molecule has 3 rings (SSSR count). The van der Waals surface area contributed by atoms with Crippen molar-refractivity contribution < 1.29 is 14.6 Å². The SMILES string of the molecule is O=C(O)C(=CCC1CO1)C1(C=Cc2ccccc2)CC1. The van der Waals surface area contributed by atoms with Crippen LogP contribution in [-0.4, -0.2) is 23.8 Å². The molecule has 1 saturated heterocycles. The first-order chi connectivity index (χ1) is 9.70. The molecule has 3 heteroatoms. The van der Waals surface area contributed by atoms with E-state index >= 15 is 0 Å². The first-order valence-corrected chi connectivity index (χ1v) is 6.99. The highest BCUT2D eigenvalue weighted by Crippen LogP contribution is 2.53. The molecule has 104 valence electrons. The number of carboxylic acid groups (broad SMARTS) is 1. The van der Waals surface area contributed by atoms with Crippen molar-refractivity contribution in [2.24, 2.45) is 5.41 Å². The average molecular weight is 270 g/mol. The zero-order valence-corrected chi connectivity index (χ0v) is 11.3. The minimum atomic E-state index is -0.805. The third-order valence-electron chi connectivity index (χ3n) is 3.94. The van der Waals surface area contributed by atoms with E-state index in [2.05, 4.69) is 6.08 Å². The third-order valence-corrected chi connectivity index (χ3v) is 3.94. The Balaban J connectivity index is 1.77. The van der Waals surface area contributed by atoms with E-state index in [1.165, 1.54) is 0 Å². The lowest BCUT2D eigenvalue weighted by Gasteiger charge is -2.11. The molecule has 1 aromatic carbocycles. The van der Waals surface area contributed by atoms with Gasteiger partial charge in [0.25, 0.3) is 0 Å². The van der Waals surface area contributed by atoms with Crippen molar-refractivity contribution in [2.45, 2.75) is 25.4 Å². The second-order valence-corrected chi connectivity index (χ2v) is 5.51. The fourth-order valence-corrected chi connectivity index (χ4v) is 2.44. The molecule has 0 bridgehead atoms. The van der Waals surface area contributed by atoms with E-state index in [0.717, 1.165) is 25.0 Å². The molecule has 1 heterocycles. The van der Waals surface area contributed by atoms with Gasteiger partial charge >= 0.3 is 5.97 Å². The van der Waals surface area contributed by atoms with Gasteiger partial charge in [-0.1, -0.05) is 48.6 Å². The number of rotatable bonds is 6. The minimum Gasteiger partial charge on any atom is -0.478 e. The summed E-state index contributed by atoms with van der Waals surface area (Å²) >= 11 is 0. The highest BCUT2D eigenvalue weighted by molar-refractivity contribution is 5.90. The van der Waals surface area contributed by atoms with Gasteiger partial charge in [0, 0.05) is 11.0 Å². The van der Waals surface area contributed by atoms with Gasteiger partial charge in [-0.25, -0.2) is 4.79 Å². The molecule has 20 heavy (non-hydrogen) atoms. The summed E-state index contributed by atoms with van der Waals surface area (Å²) in [6.07, 6.45) is 8.71. The molecule has 1 saturated carbocycles. The summed E-state index contributed by atoms with van der Waals surface area (Å²) in [5.41, 5.74) is 1.37. The number of epoxide rings is 1. The fraction of sp³-hybridized carbons (Fsp3) is 0.353. The molecule has 1 N–H and O–H groups in total. The van der Waals surface area contributed by atoms with E-state index < -0.39 is 5.97 Å². The summed E-state index contributed by atoms with van der Waals surface area (Å²) in [4.78, 5) is 11.5. The summed E-state index contributed by atoms with van der Waals surface area (Å²) in [5.74, 6) is -0.805. The number of benzene rings is 1. The van der Waals surface area contributed by atoms with Crippen molar-refractivity contribution in [3.8, 4) is 0 Å². The van der Waals surface area contributed by atoms with E-state index in [4.69, 9.17) is 4.74 Å². The van der Waals surface area contributed by atoms with Crippen LogP contribution in [0.3, 0.4) is 0 Å². The molecule has 0 aromatic heterocycles. The highest BCUT2D eigenvalue weighted by Gasteiger charge is 2.46. The normalized spacial score (nSPS) is 23.8. The molecule has 1 aliphatic carbocycles. The standard InChI is InChI=1S/C17H18O3/c18-16(19)15(7-6-14-12-20-14)17(10-11-17)9-8-13-4-2-1-3-5-13/h1-5,7-9,14H,6,10-12H2,(H,18,19). The van der Waals surface area contributed by atoms with E-state index in [1.807, 2.05) is 42.5 Å². The molecular weight excluding hydrogens is 252 g/mol. The number of ether oxygens (including phenoxy) is 1. The Labute approximate surface area is 118 Å². The largest absolute Gasteiger partial charge is 0.478 e. The molecule has 2 fully saturated rings. The summed E-state index contributed by atoms with van der Waals surface area (Å²) < 4.78 is 5.15. The Kier molecular flexibility index (Phi) is 3.45. The zero-order chi connectivity index (χ0) is 14.0. The molecule has 1 unspecified atom stereocenters. The minimum absolute atomic E-state index is 0.234. The lowest BCUT2D eigenvalue weighted by atomic mass is 9.93. The molecule has 2 aliphatic rings. The van der Waals surface area contributed by atoms with Gasteiger partial charge in [0.05, 0.1) is 12.7 Å². The van der Waals surface area contributed by atoms with Crippen molar-refractivity contribution in [1.82, 2.24) is 0 Å². The van der Waals surface area contributed by atoms with Crippen molar-refractivity contribution in [1.29, 1.82) is 0 Å².